The van der Waals surface area contributed by atoms with Crippen LogP contribution in [-0.2, 0) is 19.2 Å². The predicted molar refractivity (Wildman–Crippen MR) is 128 cm³/mol. The number of carboxylic acids is 3. The van der Waals surface area contributed by atoms with Gasteiger partial charge in [0.2, 0.25) is 5.91 Å². The van der Waals surface area contributed by atoms with Gasteiger partial charge < -0.3 is 42.4 Å². The number of urea groups is 1. The van der Waals surface area contributed by atoms with Crippen LogP contribution in [0.25, 0.3) is 0 Å². The van der Waals surface area contributed by atoms with Gasteiger partial charge in [0.25, 0.3) is 0 Å². The highest BCUT2D eigenvalue weighted by Gasteiger charge is 2.19. The van der Waals surface area contributed by atoms with Crippen LogP contribution in [0.1, 0.15) is 64.2 Å². The van der Waals surface area contributed by atoms with Crippen molar-refractivity contribution >= 4 is 29.8 Å². The van der Waals surface area contributed by atoms with E-state index in [4.69, 9.17) is 26.9 Å². The number of carbonyl (C=O) groups is 5. The third kappa shape index (κ3) is 25.0. The van der Waals surface area contributed by atoms with E-state index >= 15 is 0 Å². The summed E-state index contributed by atoms with van der Waals surface area (Å²) in [4.78, 5) is 52.6. The Morgan fingerprint density at radius 2 is 1.50 bits per heavy atom. The average Bonchev–Trinajstić information content (AvgIpc) is 2.77. The third-order valence-corrected chi connectivity index (χ3v) is 4.40. The quantitative estimate of drug-likeness (QED) is 0.0647. The van der Waals surface area contributed by atoms with Crippen LogP contribution in [0.4, 0.5) is 9.18 Å². The van der Waals surface area contributed by atoms with Crippen LogP contribution in [0.3, 0.4) is 0 Å². The minimum atomic E-state index is -1.31. The molecule has 0 aliphatic carbocycles. The zero-order chi connectivity index (χ0) is 27.9. The van der Waals surface area contributed by atoms with Crippen molar-refractivity contribution in [2.75, 3.05) is 19.8 Å². The van der Waals surface area contributed by atoms with Crippen LogP contribution in [0.5, 0.6) is 0 Å². The SMILES string of the molecule is N/C(=C\N(N)CCCC(=O)NCCCCCC(=O)O)CCCF.NC(=O)NC(CCC(=O)O)C(=O)O. The van der Waals surface area contributed by atoms with Gasteiger partial charge >= 0.3 is 23.9 Å². The van der Waals surface area contributed by atoms with Crippen molar-refractivity contribution in [2.45, 2.75) is 70.3 Å². The molecule has 0 heterocycles. The molecule has 36 heavy (non-hydrogen) atoms. The number of amides is 3. The number of carbonyl (C=O) groups excluding carboxylic acids is 2. The Morgan fingerprint density at radius 3 is 2.03 bits per heavy atom. The molecule has 14 nitrogen and oxygen atoms in total. The molecule has 1 atom stereocenters. The molecule has 0 aliphatic rings. The predicted octanol–water partition coefficient (Wildman–Crippen LogP) is 0.226. The van der Waals surface area contributed by atoms with Gasteiger partial charge in [-0.15, -0.1) is 0 Å². The fraction of sp³-hybridized carbons (Fsp3) is 0.667. The highest BCUT2D eigenvalue weighted by molar-refractivity contribution is 5.82. The monoisotopic (exact) mass is 522 g/mol. The standard InChI is InChI=1S/C15H29FN4O3.C6H10N2O5/c16-9-4-6-13(17)12-20(18)11-5-7-14(21)19-10-3-1-2-8-15(22)23;7-6(13)8-3(5(11)12)1-2-4(9)10/h12H,1-11,17-18H2,(H,19,21)(H,22,23);3H,1-2H2,(H,9,10)(H,11,12)(H3,7,8,13)/b13-12-;. The lowest BCUT2D eigenvalue weighted by Crippen LogP contribution is -2.43. The highest BCUT2D eigenvalue weighted by Crippen LogP contribution is 2.01. The Hall–Kier alpha value is -3.62. The Balaban J connectivity index is 0. The number of hydrazine groups is 1. The molecule has 0 saturated carbocycles. The van der Waals surface area contributed by atoms with Crippen molar-refractivity contribution in [2.24, 2.45) is 17.3 Å². The van der Waals surface area contributed by atoms with Crippen molar-refractivity contribution in [3.8, 4) is 0 Å². The van der Waals surface area contributed by atoms with E-state index in [2.05, 4.69) is 11.1 Å². The van der Waals surface area contributed by atoms with Gasteiger partial charge in [-0.3, -0.25) is 18.8 Å². The summed E-state index contributed by atoms with van der Waals surface area (Å²) >= 11 is 0. The maximum absolute atomic E-state index is 12.0. The minimum Gasteiger partial charge on any atom is -0.481 e. The second kappa shape index (κ2) is 21.9. The number of nitrogens with one attached hydrogen (secondary N) is 2. The van der Waals surface area contributed by atoms with Gasteiger partial charge in [-0.05, 0) is 38.5 Å². The van der Waals surface area contributed by atoms with Gasteiger partial charge in [-0.1, -0.05) is 6.42 Å². The number of carboxylic acid groups (broad SMARTS) is 3. The van der Waals surface area contributed by atoms with E-state index in [9.17, 15) is 28.4 Å². The normalized spacial score (nSPS) is 11.4. The molecule has 3 amide bonds. The van der Waals surface area contributed by atoms with Gasteiger partial charge in [0.1, 0.15) is 6.04 Å². The van der Waals surface area contributed by atoms with E-state index in [-0.39, 0.29) is 25.2 Å². The Kier molecular flexibility index (Phi) is 21.0. The van der Waals surface area contributed by atoms with Crippen LogP contribution in [0.2, 0.25) is 0 Å². The number of halogens is 1. The molecule has 0 aromatic heterocycles. The van der Waals surface area contributed by atoms with Gasteiger partial charge in [-0.2, -0.15) is 0 Å². The Morgan fingerprint density at radius 1 is 0.861 bits per heavy atom. The van der Waals surface area contributed by atoms with Crippen molar-refractivity contribution < 1.29 is 43.7 Å². The van der Waals surface area contributed by atoms with E-state index in [1.54, 1.807) is 6.20 Å². The number of primary amides is 1. The highest BCUT2D eigenvalue weighted by atomic mass is 19.1. The number of rotatable bonds is 19. The number of alkyl halides is 1. The molecule has 0 spiro atoms. The summed E-state index contributed by atoms with van der Waals surface area (Å²) in [5.74, 6) is 2.44. The molecule has 15 heteroatoms. The number of hydrogen-bond donors (Lipinski definition) is 8. The molecule has 208 valence electrons. The smallest absolute Gasteiger partial charge is 0.326 e. The summed E-state index contributed by atoms with van der Waals surface area (Å²) in [7, 11) is 0. The fourth-order valence-electron chi connectivity index (χ4n) is 2.63. The molecule has 0 bridgehead atoms. The van der Waals surface area contributed by atoms with E-state index < -0.39 is 36.7 Å². The van der Waals surface area contributed by atoms with E-state index in [1.165, 1.54) is 5.01 Å². The first-order valence-corrected chi connectivity index (χ1v) is 11.4. The van der Waals surface area contributed by atoms with Gasteiger partial charge in [0, 0.05) is 44.2 Å². The van der Waals surface area contributed by atoms with Crippen molar-refractivity contribution in [1.29, 1.82) is 0 Å². The molecule has 0 radical (unpaired) electrons. The summed E-state index contributed by atoms with van der Waals surface area (Å²) in [6.45, 7) is 0.638. The average molecular weight is 523 g/mol. The lowest BCUT2D eigenvalue weighted by atomic mass is 10.1. The van der Waals surface area contributed by atoms with Gasteiger partial charge in [0.15, 0.2) is 0 Å². The van der Waals surface area contributed by atoms with Crippen LogP contribution >= 0.6 is 0 Å². The molecule has 0 aromatic rings. The van der Waals surface area contributed by atoms with Crippen LogP contribution in [-0.4, -0.2) is 76.0 Å². The fourth-order valence-corrected chi connectivity index (χ4v) is 2.63. The van der Waals surface area contributed by atoms with Crippen LogP contribution < -0.4 is 27.9 Å². The van der Waals surface area contributed by atoms with Crippen LogP contribution in [0, 0.1) is 0 Å². The number of nitrogens with two attached hydrogens (primary N) is 3. The number of allylic oxidation sites excluding steroid dienone is 1. The van der Waals surface area contributed by atoms with Crippen LogP contribution in [0.15, 0.2) is 11.9 Å². The molecule has 0 aliphatic heterocycles. The zero-order valence-corrected chi connectivity index (χ0v) is 20.3. The summed E-state index contributed by atoms with van der Waals surface area (Å²) in [6, 6.07) is -2.23. The van der Waals surface area contributed by atoms with Crippen molar-refractivity contribution in [3.63, 3.8) is 0 Å². The second-order valence-corrected chi connectivity index (χ2v) is 7.72. The topological polar surface area (TPSA) is 251 Å². The molecule has 0 aromatic carbocycles. The Labute approximate surface area is 209 Å². The lowest BCUT2D eigenvalue weighted by Gasteiger charge is -2.14. The summed E-state index contributed by atoms with van der Waals surface area (Å²) in [5, 5.41) is 31.3. The van der Waals surface area contributed by atoms with Gasteiger partial charge in [0.05, 0.1) is 6.67 Å². The summed E-state index contributed by atoms with van der Waals surface area (Å²) in [5.41, 5.74) is 10.9. The molecule has 0 fully saturated rings. The zero-order valence-electron chi connectivity index (χ0n) is 20.3. The maximum atomic E-state index is 12.0. The number of unbranched alkanes of at least 4 members (excludes halogenated alkanes) is 2. The summed E-state index contributed by atoms with van der Waals surface area (Å²) < 4.78 is 12.0. The first-order chi connectivity index (χ1) is 16.9. The second-order valence-electron chi connectivity index (χ2n) is 7.72. The number of hydrogen-bond acceptors (Lipinski definition) is 8. The molecule has 0 rings (SSSR count). The van der Waals surface area contributed by atoms with Crippen molar-refractivity contribution in [3.05, 3.63) is 11.9 Å². The lowest BCUT2D eigenvalue weighted by molar-refractivity contribution is -0.141. The van der Waals surface area contributed by atoms with Crippen molar-refractivity contribution in [1.82, 2.24) is 15.6 Å². The van der Waals surface area contributed by atoms with Gasteiger partial charge in [-0.25, -0.2) is 15.4 Å². The van der Waals surface area contributed by atoms with E-state index in [0.29, 0.717) is 50.9 Å². The molecular weight excluding hydrogens is 483 g/mol. The maximum Gasteiger partial charge on any atom is 0.326 e. The van der Waals surface area contributed by atoms with E-state index in [1.807, 2.05) is 5.32 Å². The molecule has 11 N–H and O–H groups in total. The molecular formula is C21H39FN6O8. The third-order valence-electron chi connectivity index (χ3n) is 4.40. The number of nitrogens with zero attached hydrogens (tertiary/aromatic N) is 1. The molecule has 0 saturated heterocycles. The first-order valence-electron chi connectivity index (χ1n) is 11.4. The Bertz CT molecular complexity index is 723. The largest absolute Gasteiger partial charge is 0.481 e. The minimum absolute atomic E-state index is 0.0500. The molecule has 1 unspecified atom stereocenters. The first kappa shape index (κ1) is 34.5. The number of aliphatic carboxylic acids is 3. The van der Waals surface area contributed by atoms with E-state index in [0.717, 1.165) is 12.8 Å². The summed E-state index contributed by atoms with van der Waals surface area (Å²) in [6.07, 6.45) is 5.20.